The van der Waals surface area contributed by atoms with Crippen molar-refractivity contribution in [2.45, 2.75) is 64.2 Å². The Balaban J connectivity index is 0.871. The molecule has 4 N–H and O–H groups in total. The summed E-state index contributed by atoms with van der Waals surface area (Å²) in [5.74, 6) is -3.23. The number of H-pyrrole nitrogens is 1. The highest BCUT2D eigenvalue weighted by Crippen LogP contribution is 2.40. The van der Waals surface area contributed by atoms with E-state index in [2.05, 4.69) is 20.9 Å². The van der Waals surface area contributed by atoms with Gasteiger partial charge in [0, 0.05) is 48.3 Å². The largest absolute Gasteiger partial charge is 0.417 e. The highest BCUT2D eigenvalue weighted by atomic mass is 32.1. The van der Waals surface area contributed by atoms with Gasteiger partial charge < -0.3 is 25.8 Å². The number of halogens is 5. The van der Waals surface area contributed by atoms with Crippen LogP contribution >= 0.6 is 12.2 Å². The number of nitriles is 1. The Kier molecular flexibility index (Phi) is 11.7. The van der Waals surface area contributed by atoms with Gasteiger partial charge in [0.1, 0.15) is 17.2 Å². The molecule has 314 valence electrons. The van der Waals surface area contributed by atoms with Crippen molar-refractivity contribution in [1.82, 2.24) is 20.9 Å². The van der Waals surface area contributed by atoms with E-state index in [9.17, 15) is 36.7 Å². The Morgan fingerprint density at radius 1 is 0.934 bits per heavy atom. The number of benzene rings is 4. The first-order chi connectivity index (χ1) is 29.0. The van der Waals surface area contributed by atoms with Crippen molar-refractivity contribution >= 4 is 63.2 Å². The standard InChI is InChI=1S/C44H38F5N7O4S/c1-43(2)41(60)55(28-12-11-26(22-50)33(20-28)44(47,48)49)42(61)56(43)29-13-14-30(34(46)21-29)39(58)51-16-5-3-4-6-36(57)53-23-24-7-9-25(10-8-24)38-31-15-17-52-40(59)32-18-27(45)19-35(54-38)37(31)32/h7-14,18-21,54H,3-6,15-17,23H2,1-2H3,(H,51,58)(H,52,59)(H,53,57). The summed E-state index contributed by atoms with van der Waals surface area (Å²) >= 11 is 5.51. The summed E-state index contributed by atoms with van der Waals surface area (Å²) in [6, 6.07) is 18.2. The molecular formula is C44H38F5N7O4S. The Morgan fingerprint density at radius 3 is 2.38 bits per heavy atom. The summed E-state index contributed by atoms with van der Waals surface area (Å²) in [6.07, 6.45) is -2.34. The van der Waals surface area contributed by atoms with Crippen LogP contribution in [0, 0.1) is 23.0 Å². The second-order valence-corrected chi connectivity index (χ2v) is 15.6. The number of aromatic nitrogens is 1. The molecule has 0 unspecified atom stereocenters. The zero-order valence-corrected chi connectivity index (χ0v) is 33.7. The summed E-state index contributed by atoms with van der Waals surface area (Å²) in [6.45, 7) is 3.91. The number of unbranched alkanes of at least 4 members (excludes halogenated alkanes) is 2. The van der Waals surface area contributed by atoms with Crippen LogP contribution < -0.4 is 25.8 Å². The number of nitrogens with one attached hydrogen (secondary N) is 4. The summed E-state index contributed by atoms with van der Waals surface area (Å²) in [7, 11) is 0. The average Bonchev–Trinajstić information content (AvgIpc) is 3.59. The quantitative estimate of drug-likeness (QED) is 0.0568. The molecule has 5 aromatic rings. The number of carbonyl (C=O) groups is 4. The molecule has 2 aliphatic rings. The molecule has 3 heterocycles. The normalized spacial score (nSPS) is 14.8. The molecule has 1 fully saturated rings. The molecular weight excluding hydrogens is 818 g/mol. The lowest BCUT2D eigenvalue weighted by Crippen LogP contribution is -2.44. The van der Waals surface area contributed by atoms with Crippen molar-refractivity contribution in [1.29, 1.82) is 5.26 Å². The second kappa shape index (κ2) is 16.8. The molecule has 0 spiro atoms. The van der Waals surface area contributed by atoms with Gasteiger partial charge in [0.15, 0.2) is 5.11 Å². The van der Waals surface area contributed by atoms with Gasteiger partial charge in [-0.05, 0) is 111 Å². The molecule has 4 amide bonds. The van der Waals surface area contributed by atoms with Gasteiger partial charge in [0.25, 0.3) is 17.7 Å². The number of nitrogens with zero attached hydrogens (tertiary/aromatic N) is 3. The summed E-state index contributed by atoms with van der Waals surface area (Å²) in [4.78, 5) is 56.9. The van der Waals surface area contributed by atoms with E-state index in [-0.39, 0.29) is 46.8 Å². The number of carbonyl (C=O) groups excluding carboxylic acids is 4. The minimum absolute atomic E-state index is 0.0970. The van der Waals surface area contributed by atoms with E-state index in [1.165, 1.54) is 55.1 Å². The average molecular weight is 856 g/mol. The van der Waals surface area contributed by atoms with Crippen molar-refractivity contribution in [3.05, 3.63) is 118 Å². The number of anilines is 2. The highest BCUT2D eigenvalue weighted by Gasteiger charge is 2.51. The van der Waals surface area contributed by atoms with Crippen molar-refractivity contribution in [3.8, 4) is 17.3 Å². The van der Waals surface area contributed by atoms with Gasteiger partial charge in [-0.1, -0.05) is 30.7 Å². The minimum atomic E-state index is -4.87. The van der Waals surface area contributed by atoms with E-state index >= 15 is 4.39 Å². The van der Waals surface area contributed by atoms with E-state index in [0.29, 0.717) is 55.9 Å². The third-order valence-corrected chi connectivity index (χ3v) is 11.1. The molecule has 2 aliphatic heterocycles. The van der Waals surface area contributed by atoms with Crippen molar-refractivity contribution < 1.29 is 41.1 Å². The van der Waals surface area contributed by atoms with Crippen LogP contribution in [0.2, 0.25) is 0 Å². The number of amides is 4. The zero-order chi connectivity index (χ0) is 43.8. The molecule has 11 nitrogen and oxygen atoms in total. The number of alkyl halides is 3. The van der Waals surface area contributed by atoms with Gasteiger partial charge in [-0.2, -0.15) is 18.4 Å². The molecule has 0 radical (unpaired) electrons. The maximum atomic E-state index is 15.4. The Morgan fingerprint density at radius 2 is 1.67 bits per heavy atom. The van der Waals surface area contributed by atoms with Crippen LogP contribution in [0.1, 0.15) is 82.5 Å². The van der Waals surface area contributed by atoms with Gasteiger partial charge in [-0.15, -0.1) is 0 Å². The van der Waals surface area contributed by atoms with Crippen LogP contribution in [0.4, 0.5) is 33.3 Å². The fraction of sp³-hybridized carbons (Fsp3) is 0.273. The maximum Gasteiger partial charge on any atom is 0.417 e. The van der Waals surface area contributed by atoms with E-state index in [1.54, 1.807) is 0 Å². The van der Waals surface area contributed by atoms with Crippen molar-refractivity contribution in [2.75, 3.05) is 22.9 Å². The maximum absolute atomic E-state index is 15.4. The summed E-state index contributed by atoms with van der Waals surface area (Å²) in [5, 5.41) is 18.0. The molecule has 0 aliphatic carbocycles. The lowest BCUT2D eigenvalue weighted by atomic mass is 9.99. The fourth-order valence-electron chi connectivity index (χ4n) is 7.69. The summed E-state index contributed by atoms with van der Waals surface area (Å²) < 4.78 is 70.7. The van der Waals surface area contributed by atoms with Crippen molar-refractivity contribution in [3.63, 3.8) is 0 Å². The lowest BCUT2D eigenvalue weighted by molar-refractivity contribution is -0.137. The van der Waals surface area contributed by atoms with Gasteiger partial charge in [-0.25, -0.2) is 8.78 Å². The Bertz CT molecular complexity index is 2650. The van der Waals surface area contributed by atoms with Crippen LogP contribution in [0.3, 0.4) is 0 Å². The van der Waals surface area contributed by atoms with Gasteiger partial charge >= 0.3 is 6.18 Å². The van der Waals surface area contributed by atoms with Crippen molar-refractivity contribution in [2.24, 2.45) is 0 Å². The van der Waals surface area contributed by atoms with Crippen LogP contribution in [-0.4, -0.2) is 52.4 Å². The van der Waals surface area contributed by atoms with E-state index in [1.807, 2.05) is 24.3 Å². The molecule has 1 saturated heterocycles. The third-order valence-electron chi connectivity index (χ3n) is 10.8. The van der Waals surface area contributed by atoms with E-state index < -0.39 is 46.3 Å². The SMILES string of the molecule is CC1(C)C(=O)N(c2ccc(C#N)c(C(F)(F)F)c2)C(=S)N1c1ccc(C(=O)NCCCCCC(=O)NCc2ccc(-c3[nH]c4cc(F)cc5c4c3CCNC5=O)cc2)c(F)c1. The number of hydrogen-bond acceptors (Lipinski definition) is 6. The fourth-order valence-corrected chi connectivity index (χ4v) is 8.21. The molecule has 0 atom stereocenters. The molecule has 0 saturated carbocycles. The van der Waals surface area contributed by atoms with Crippen LogP contribution in [0.5, 0.6) is 0 Å². The molecule has 1 aromatic heterocycles. The Labute approximate surface area is 351 Å². The molecule has 7 rings (SSSR count). The first-order valence-electron chi connectivity index (χ1n) is 19.4. The van der Waals surface area contributed by atoms with Crippen LogP contribution in [0.25, 0.3) is 22.2 Å². The second-order valence-electron chi connectivity index (χ2n) is 15.2. The highest BCUT2D eigenvalue weighted by molar-refractivity contribution is 7.81. The Hall–Kier alpha value is -6.67. The summed E-state index contributed by atoms with van der Waals surface area (Å²) in [5.41, 5.74) is 0.663. The lowest BCUT2D eigenvalue weighted by Gasteiger charge is -2.29. The molecule has 17 heteroatoms. The molecule has 0 bridgehead atoms. The number of rotatable bonds is 12. The monoisotopic (exact) mass is 855 g/mol. The van der Waals surface area contributed by atoms with Gasteiger partial charge in [-0.3, -0.25) is 24.1 Å². The molecule has 4 aromatic carbocycles. The van der Waals surface area contributed by atoms with Crippen LogP contribution in [0.15, 0.2) is 72.8 Å². The van der Waals surface area contributed by atoms with E-state index in [0.717, 1.165) is 44.8 Å². The third kappa shape index (κ3) is 8.40. The number of thiocarbonyl (C=S) groups is 1. The smallest absolute Gasteiger partial charge is 0.354 e. The first-order valence-corrected chi connectivity index (χ1v) is 19.8. The van der Waals surface area contributed by atoms with Gasteiger partial charge in [0.2, 0.25) is 5.91 Å². The van der Waals surface area contributed by atoms with Crippen LogP contribution in [-0.2, 0) is 28.7 Å². The predicted octanol–water partition coefficient (Wildman–Crippen LogP) is 7.81. The number of aromatic amines is 1. The topological polar surface area (TPSA) is 150 Å². The van der Waals surface area contributed by atoms with E-state index in [4.69, 9.17) is 17.5 Å². The first kappa shape index (κ1) is 42.5. The zero-order valence-electron chi connectivity index (χ0n) is 32.9. The van der Waals surface area contributed by atoms with Gasteiger partial charge in [0.05, 0.1) is 34.0 Å². The minimum Gasteiger partial charge on any atom is -0.354 e. The molecule has 61 heavy (non-hydrogen) atoms. The predicted molar refractivity (Wildman–Crippen MR) is 222 cm³/mol. The number of hydrogen-bond donors (Lipinski definition) is 4.